The largest absolute Gasteiger partial charge is 0.449 e. The Morgan fingerprint density at radius 1 is 1.17 bits per heavy atom. The minimum atomic E-state index is -1.16. The van der Waals surface area contributed by atoms with Gasteiger partial charge in [0, 0.05) is 17.8 Å². The summed E-state index contributed by atoms with van der Waals surface area (Å²) >= 11 is 5.83. The maximum atomic E-state index is 12.9. The van der Waals surface area contributed by atoms with Crippen LogP contribution in [0.5, 0.6) is 0 Å². The number of benzene rings is 2. The maximum Gasteiger partial charge on any atom is 0.341 e. The number of rotatable bonds is 5. The summed E-state index contributed by atoms with van der Waals surface area (Å²) in [5.41, 5.74) is 6.95. The second-order valence-electron chi connectivity index (χ2n) is 6.70. The fourth-order valence-corrected chi connectivity index (χ4v) is 3.11. The van der Waals surface area contributed by atoms with Gasteiger partial charge in [-0.05, 0) is 44.2 Å². The van der Waals surface area contributed by atoms with E-state index in [1.165, 1.54) is 29.8 Å². The van der Waals surface area contributed by atoms with Crippen LogP contribution in [0.3, 0.4) is 0 Å². The molecule has 156 valence electrons. The molecule has 1 amide bonds. The first-order valence-corrected chi connectivity index (χ1v) is 9.49. The summed E-state index contributed by atoms with van der Waals surface area (Å²) in [7, 11) is 1.71. The number of nitrogens with zero attached hydrogens (tertiary/aromatic N) is 2. The topological polar surface area (TPSA) is 108 Å². The standard InChI is InChI=1S/C21H21ClN4O4/c1-12-18(20(28)26(25(12)3)15-7-5-4-6-8-15)24-19(27)13(2)30-21(29)16-10-9-14(22)11-17(16)23/h4-11,13H,23H2,1-3H3,(H,24,27)/t13-/m1/s1. The van der Waals surface area contributed by atoms with Crippen LogP contribution >= 0.6 is 11.6 Å². The van der Waals surface area contributed by atoms with E-state index >= 15 is 0 Å². The Labute approximate surface area is 177 Å². The molecule has 0 bridgehead atoms. The third kappa shape index (κ3) is 4.08. The second kappa shape index (κ2) is 8.46. The number of nitrogen functional groups attached to an aromatic ring is 1. The average Bonchev–Trinajstić information content (AvgIpc) is 2.91. The fraction of sp³-hybridized carbons (Fsp3) is 0.190. The van der Waals surface area contributed by atoms with E-state index < -0.39 is 23.5 Å². The predicted molar refractivity (Wildman–Crippen MR) is 115 cm³/mol. The van der Waals surface area contributed by atoms with E-state index in [0.717, 1.165) is 0 Å². The summed E-state index contributed by atoms with van der Waals surface area (Å²) in [5.74, 6) is -1.40. The van der Waals surface area contributed by atoms with E-state index in [1.807, 2.05) is 18.2 Å². The van der Waals surface area contributed by atoms with Gasteiger partial charge in [-0.3, -0.25) is 14.3 Å². The minimum Gasteiger partial charge on any atom is -0.449 e. The molecule has 8 nitrogen and oxygen atoms in total. The summed E-state index contributed by atoms with van der Waals surface area (Å²) in [5, 5.41) is 2.95. The molecule has 30 heavy (non-hydrogen) atoms. The number of hydrogen-bond donors (Lipinski definition) is 2. The molecule has 3 aromatic rings. The normalized spacial score (nSPS) is 11.7. The van der Waals surface area contributed by atoms with Crippen molar-refractivity contribution in [1.82, 2.24) is 9.36 Å². The lowest BCUT2D eigenvalue weighted by atomic mass is 10.2. The van der Waals surface area contributed by atoms with Gasteiger partial charge < -0.3 is 15.8 Å². The number of carbonyl (C=O) groups excluding carboxylic acids is 2. The zero-order valence-corrected chi connectivity index (χ0v) is 17.4. The molecule has 0 aliphatic rings. The molecule has 1 aromatic heterocycles. The molecule has 0 saturated carbocycles. The summed E-state index contributed by atoms with van der Waals surface area (Å²) in [6, 6.07) is 13.4. The zero-order chi connectivity index (χ0) is 22.0. The van der Waals surface area contributed by atoms with Crippen molar-refractivity contribution >= 4 is 34.9 Å². The molecule has 1 heterocycles. The van der Waals surface area contributed by atoms with Crippen molar-refractivity contribution in [2.24, 2.45) is 7.05 Å². The van der Waals surface area contributed by atoms with Crippen molar-refractivity contribution in [2.75, 3.05) is 11.1 Å². The molecule has 0 spiro atoms. The molecule has 0 fully saturated rings. The van der Waals surface area contributed by atoms with E-state index in [0.29, 0.717) is 16.4 Å². The highest BCUT2D eigenvalue weighted by Crippen LogP contribution is 2.20. The third-order valence-corrected chi connectivity index (χ3v) is 4.92. The van der Waals surface area contributed by atoms with E-state index in [2.05, 4.69) is 5.32 Å². The van der Waals surface area contributed by atoms with Crippen molar-refractivity contribution in [3.05, 3.63) is 75.2 Å². The Balaban J connectivity index is 1.79. The van der Waals surface area contributed by atoms with Crippen LogP contribution < -0.4 is 16.6 Å². The van der Waals surface area contributed by atoms with Gasteiger partial charge in [0.25, 0.3) is 11.5 Å². The summed E-state index contributed by atoms with van der Waals surface area (Å²) in [6.45, 7) is 3.12. The smallest absolute Gasteiger partial charge is 0.341 e. The first kappa shape index (κ1) is 21.2. The number of aromatic nitrogens is 2. The number of hydrogen-bond acceptors (Lipinski definition) is 5. The predicted octanol–water partition coefficient (Wildman–Crippen LogP) is 2.90. The van der Waals surface area contributed by atoms with Crippen LogP contribution in [0.4, 0.5) is 11.4 Å². The lowest BCUT2D eigenvalue weighted by molar-refractivity contribution is -0.123. The summed E-state index contributed by atoms with van der Waals surface area (Å²) < 4.78 is 8.28. The summed E-state index contributed by atoms with van der Waals surface area (Å²) in [4.78, 5) is 37.8. The van der Waals surface area contributed by atoms with E-state index in [4.69, 9.17) is 22.1 Å². The Kier molecular flexibility index (Phi) is 5.98. The number of nitrogens with two attached hydrogens (primary N) is 1. The molecule has 9 heteroatoms. The highest BCUT2D eigenvalue weighted by molar-refractivity contribution is 6.31. The number of esters is 1. The van der Waals surface area contributed by atoms with E-state index in [-0.39, 0.29) is 16.9 Å². The molecule has 0 aliphatic heterocycles. The second-order valence-corrected chi connectivity index (χ2v) is 7.14. The van der Waals surface area contributed by atoms with E-state index in [1.54, 1.807) is 30.8 Å². The van der Waals surface area contributed by atoms with Crippen LogP contribution in [-0.4, -0.2) is 27.3 Å². The average molecular weight is 429 g/mol. The van der Waals surface area contributed by atoms with Crippen LogP contribution in [0.25, 0.3) is 5.69 Å². The molecule has 0 saturated heterocycles. The zero-order valence-electron chi connectivity index (χ0n) is 16.7. The molecule has 2 aromatic carbocycles. The Morgan fingerprint density at radius 2 is 1.83 bits per heavy atom. The van der Waals surface area contributed by atoms with Crippen LogP contribution in [0.2, 0.25) is 5.02 Å². The number of amides is 1. The van der Waals surface area contributed by atoms with Gasteiger partial charge in [-0.1, -0.05) is 29.8 Å². The molecule has 1 atom stereocenters. The third-order valence-electron chi connectivity index (χ3n) is 4.69. The molecular weight excluding hydrogens is 408 g/mol. The van der Waals surface area contributed by atoms with Crippen LogP contribution in [-0.2, 0) is 16.6 Å². The van der Waals surface area contributed by atoms with Crippen LogP contribution in [0.1, 0.15) is 23.0 Å². The van der Waals surface area contributed by atoms with Crippen LogP contribution in [0, 0.1) is 6.92 Å². The van der Waals surface area contributed by atoms with Crippen molar-refractivity contribution < 1.29 is 14.3 Å². The van der Waals surface area contributed by atoms with Gasteiger partial charge in [0.15, 0.2) is 6.10 Å². The summed E-state index contributed by atoms with van der Waals surface area (Å²) in [6.07, 6.45) is -1.16. The number of halogens is 1. The van der Waals surface area contributed by atoms with Gasteiger partial charge in [0.1, 0.15) is 5.69 Å². The van der Waals surface area contributed by atoms with Gasteiger partial charge >= 0.3 is 5.97 Å². The van der Waals surface area contributed by atoms with Gasteiger partial charge in [-0.15, -0.1) is 0 Å². The van der Waals surface area contributed by atoms with Crippen molar-refractivity contribution in [2.45, 2.75) is 20.0 Å². The molecular formula is C21H21ClN4O4. The van der Waals surface area contributed by atoms with Crippen molar-refractivity contribution in [3.8, 4) is 5.69 Å². The van der Waals surface area contributed by atoms with E-state index in [9.17, 15) is 14.4 Å². The fourth-order valence-electron chi connectivity index (χ4n) is 2.93. The SMILES string of the molecule is Cc1c(NC(=O)[C@@H](C)OC(=O)c2ccc(Cl)cc2N)c(=O)n(-c2ccccc2)n1C. The van der Waals surface area contributed by atoms with Gasteiger partial charge in [0.2, 0.25) is 0 Å². The molecule has 3 rings (SSSR count). The van der Waals surface area contributed by atoms with Crippen molar-refractivity contribution in [1.29, 1.82) is 0 Å². The lowest BCUT2D eigenvalue weighted by Gasteiger charge is -2.14. The Bertz CT molecular complexity index is 1170. The van der Waals surface area contributed by atoms with Gasteiger partial charge in [0.05, 0.1) is 16.9 Å². The number of para-hydroxylation sites is 1. The lowest BCUT2D eigenvalue weighted by Crippen LogP contribution is -2.32. The number of nitrogens with one attached hydrogen (secondary N) is 1. The molecule has 0 unspecified atom stereocenters. The minimum absolute atomic E-state index is 0.0985. The number of carbonyl (C=O) groups is 2. The highest BCUT2D eigenvalue weighted by atomic mass is 35.5. The maximum absolute atomic E-state index is 12.9. The Morgan fingerprint density at radius 3 is 2.47 bits per heavy atom. The number of ether oxygens (including phenoxy) is 1. The number of anilines is 2. The molecule has 3 N–H and O–H groups in total. The first-order valence-electron chi connectivity index (χ1n) is 9.11. The van der Waals surface area contributed by atoms with Gasteiger partial charge in [-0.25, -0.2) is 9.48 Å². The molecule has 0 radical (unpaired) electrons. The first-order chi connectivity index (χ1) is 14.2. The monoisotopic (exact) mass is 428 g/mol. The quantitative estimate of drug-likeness (QED) is 0.479. The highest BCUT2D eigenvalue weighted by Gasteiger charge is 2.24. The van der Waals surface area contributed by atoms with Crippen molar-refractivity contribution in [3.63, 3.8) is 0 Å². The van der Waals surface area contributed by atoms with Gasteiger partial charge in [-0.2, -0.15) is 0 Å². The van der Waals surface area contributed by atoms with Crippen LogP contribution in [0.15, 0.2) is 53.3 Å². The Hall–Kier alpha value is -3.52. The molecule has 0 aliphatic carbocycles.